The van der Waals surface area contributed by atoms with Gasteiger partial charge in [0.25, 0.3) is 11.8 Å². The van der Waals surface area contributed by atoms with Crippen LogP contribution in [-0.4, -0.2) is 17.9 Å². The largest absolute Gasteiger partial charge is 0.416 e. The van der Waals surface area contributed by atoms with Gasteiger partial charge in [0.1, 0.15) is 0 Å². The Bertz CT molecular complexity index is 855. The summed E-state index contributed by atoms with van der Waals surface area (Å²) in [7, 11) is 0. The summed E-state index contributed by atoms with van der Waals surface area (Å²) in [6, 6.07) is 6.30. The van der Waals surface area contributed by atoms with Crippen molar-refractivity contribution in [2.24, 2.45) is 0 Å². The monoisotopic (exact) mass is 388 g/mol. The highest BCUT2D eigenvalue weighted by Crippen LogP contribution is 2.29. The second-order valence-corrected chi connectivity index (χ2v) is 5.39. The maximum atomic E-state index is 13.1. The van der Waals surface area contributed by atoms with Gasteiger partial charge < -0.3 is 5.32 Å². The summed E-state index contributed by atoms with van der Waals surface area (Å²) in [5.74, 6) is -4.05. The van der Waals surface area contributed by atoms with Crippen LogP contribution in [0, 0.1) is 11.6 Å². The molecular weight excluding hydrogens is 375 g/mol. The van der Waals surface area contributed by atoms with Gasteiger partial charge in [0.15, 0.2) is 17.7 Å². The third kappa shape index (κ3) is 5.48. The SMILES string of the molecule is CC(ONC(=O)c1cccc(C(F)(F)F)c1)C(=O)Nc1ccc(F)c(F)c1. The molecule has 0 aromatic heterocycles. The number of halogens is 5. The number of carbonyl (C=O) groups excluding carboxylic acids is 2. The molecule has 0 saturated carbocycles. The molecule has 27 heavy (non-hydrogen) atoms. The van der Waals surface area contributed by atoms with E-state index in [4.69, 9.17) is 4.84 Å². The number of benzene rings is 2. The second kappa shape index (κ2) is 8.12. The van der Waals surface area contributed by atoms with E-state index in [9.17, 15) is 31.5 Å². The highest BCUT2D eigenvalue weighted by molar-refractivity contribution is 5.95. The van der Waals surface area contributed by atoms with E-state index in [-0.39, 0.29) is 11.3 Å². The molecule has 1 atom stereocenters. The minimum Gasteiger partial charge on any atom is -0.324 e. The number of hydrogen-bond donors (Lipinski definition) is 2. The van der Waals surface area contributed by atoms with E-state index in [2.05, 4.69) is 5.32 Å². The number of hydroxylamine groups is 1. The standard InChI is InChI=1S/C17H13F5N2O3/c1-9(15(25)23-12-5-6-13(18)14(19)8-12)27-24-16(26)10-3-2-4-11(7-10)17(20,21)22/h2-9H,1H3,(H,23,25)(H,24,26). The number of rotatable bonds is 5. The van der Waals surface area contributed by atoms with Crippen molar-refractivity contribution in [2.75, 3.05) is 5.32 Å². The van der Waals surface area contributed by atoms with Crippen molar-refractivity contribution in [2.45, 2.75) is 19.2 Å². The summed E-state index contributed by atoms with van der Waals surface area (Å²) in [5.41, 5.74) is 0.485. The first-order valence-corrected chi connectivity index (χ1v) is 7.47. The van der Waals surface area contributed by atoms with Crippen LogP contribution in [0.1, 0.15) is 22.8 Å². The van der Waals surface area contributed by atoms with Gasteiger partial charge in [-0.25, -0.2) is 14.3 Å². The first-order chi connectivity index (χ1) is 12.6. The molecule has 144 valence electrons. The van der Waals surface area contributed by atoms with E-state index in [0.717, 1.165) is 36.4 Å². The molecule has 0 aliphatic rings. The van der Waals surface area contributed by atoms with Crippen LogP contribution >= 0.6 is 0 Å². The lowest BCUT2D eigenvalue weighted by Crippen LogP contribution is -2.35. The van der Waals surface area contributed by atoms with Gasteiger partial charge in [0, 0.05) is 17.3 Å². The van der Waals surface area contributed by atoms with Crippen molar-refractivity contribution in [1.29, 1.82) is 0 Å². The first kappa shape index (κ1) is 20.3. The van der Waals surface area contributed by atoms with Crippen LogP contribution in [0.15, 0.2) is 42.5 Å². The van der Waals surface area contributed by atoms with Crippen LogP contribution in [0.3, 0.4) is 0 Å². The van der Waals surface area contributed by atoms with Crippen LogP contribution in [0.5, 0.6) is 0 Å². The maximum absolute atomic E-state index is 13.1. The van der Waals surface area contributed by atoms with Gasteiger partial charge in [0.05, 0.1) is 5.56 Å². The second-order valence-electron chi connectivity index (χ2n) is 5.39. The molecule has 2 aromatic carbocycles. The summed E-state index contributed by atoms with van der Waals surface area (Å²) in [4.78, 5) is 28.6. The normalized spacial score (nSPS) is 12.4. The van der Waals surface area contributed by atoms with E-state index < -0.39 is 41.3 Å². The van der Waals surface area contributed by atoms with Crippen molar-refractivity contribution in [1.82, 2.24) is 5.48 Å². The van der Waals surface area contributed by atoms with Gasteiger partial charge in [-0.2, -0.15) is 13.2 Å². The Labute approximate surface area is 150 Å². The zero-order valence-corrected chi connectivity index (χ0v) is 13.7. The van der Waals surface area contributed by atoms with Gasteiger partial charge in [-0.3, -0.25) is 14.4 Å². The number of amides is 2. The first-order valence-electron chi connectivity index (χ1n) is 7.47. The minimum absolute atomic E-state index is 0.0430. The summed E-state index contributed by atoms with van der Waals surface area (Å²) in [6.45, 7) is 1.24. The Morgan fingerprint density at radius 2 is 1.74 bits per heavy atom. The summed E-state index contributed by atoms with van der Waals surface area (Å²) >= 11 is 0. The van der Waals surface area contributed by atoms with Crippen LogP contribution < -0.4 is 10.8 Å². The molecule has 10 heteroatoms. The van der Waals surface area contributed by atoms with Gasteiger partial charge in [0.2, 0.25) is 0 Å². The fourth-order valence-electron chi connectivity index (χ4n) is 1.91. The number of anilines is 1. The third-order valence-corrected chi connectivity index (χ3v) is 3.34. The van der Waals surface area contributed by atoms with Crippen molar-refractivity contribution < 1.29 is 36.4 Å². The number of carbonyl (C=O) groups is 2. The number of hydrogen-bond acceptors (Lipinski definition) is 3. The van der Waals surface area contributed by atoms with Gasteiger partial charge in [-0.05, 0) is 37.3 Å². The smallest absolute Gasteiger partial charge is 0.324 e. The Balaban J connectivity index is 1.94. The van der Waals surface area contributed by atoms with Crippen molar-refractivity contribution >= 4 is 17.5 Å². The molecule has 0 aliphatic heterocycles. The van der Waals surface area contributed by atoms with Crippen molar-refractivity contribution in [3.05, 3.63) is 65.2 Å². The Kier molecular flexibility index (Phi) is 6.11. The molecule has 0 bridgehead atoms. The van der Waals surface area contributed by atoms with Crippen LogP contribution in [0.4, 0.5) is 27.6 Å². The molecule has 0 spiro atoms. The summed E-state index contributed by atoms with van der Waals surface area (Å²) in [6.07, 6.45) is -5.89. The zero-order chi connectivity index (χ0) is 20.2. The number of nitrogens with one attached hydrogen (secondary N) is 2. The lowest BCUT2D eigenvalue weighted by molar-refractivity contribution is -0.137. The van der Waals surface area contributed by atoms with Crippen LogP contribution in [-0.2, 0) is 15.8 Å². The molecular formula is C17H13F5N2O3. The Morgan fingerprint density at radius 3 is 2.37 bits per heavy atom. The average Bonchev–Trinajstić information content (AvgIpc) is 2.61. The minimum atomic E-state index is -4.62. The molecule has 2 amide bonds. The summed E-state index contributed by atoms with van der Waals surface area (Å²) < 4.78 is 63.9. The van der Waals surface area contributed by atoms with E-state index in [1.54, 1.807) is 0 Å². The Hall–Kier alpha value is -3.01. The van der Waals surface area contributed by atoms with Gasteiger partial charge >= 0.3 is 6.18 Å². The van der Waals surface area contributed by atoms with E-state index in [1.165, 1.54) is 6.92 Å². The average molecular weight is 388 g/mol. The van der Waals surface area contributed by atoms with Crippen LogP contribution in [0.25, 0.3) is 0 Å². The highest BCUT2D eigenvalue weighted by Gasteiger charge is 2.31. The molecule has 2 N–H and O–H groups in total. The van der Waals surface area contributed by atoms with Gasteiger partial charge in [-0.15, -0.1) is 0 Å². The van der Waals surface area contributed by atoms with Crippen molar-refractivity contribution in [3.63, 3.8) is 0 Å². The molecule has 0 saturated heterocycles. The topological polar surface area (TPSA) is 67.4 Å². The van der Waals surface area contributed by atoms with Crippen molar-refractivity contribution in [3.8, 4) is 0 Å². The molecule has 5 nitrogen and oxygen atoms in total. The van der Waals surface area contributed by atoms with E-state index in [0.29, 0.717) is 6.07 Å². The third-order valence-electron chi connectivity index (χ3n) is 3.34. The molecule has 0 radical (unpaired) electrons. The molecule has 1 unspecified atom stereocenters. The lowest BCUT2D eigenvalue weighted by Gasteiger charge is -2.14. The quantitative estimate of drug-likeness (QED) is 0.607. The lowest BCUT2D eigenvalue weighted by atomic mass is 10.1. The fraction of sp³-hybridized carbons (Fsp3) is 0.176. The Morgan fingerprint density at radius 1 is 1.04 bits per heavy atom. The predicted octanol–water partition coefficient (Wildman–Crippen LogP) is 3.67. The summed E-state index contributed by atoms with van der Waals surface area (Å²) in [5, 5.41) is 2.23. The predicted molar refractivity (Wildman–Crippen MR) is 84.4 cm³/mol. The van der Waals surface area contributed by atoms with E-state index >= 15 is 0 Å². The molecule has 0 heterocycles. The highest BCUT2D eigenvalue weighted by atomic mass is 19.4. The molecule has 2 rings (SSSR count). The van der Waals surface area contributed by atoms with Gasteiger partial charge in [-0.1, -0.05) is 6.07 Å². The zero-order valence-electron chi connectivity index (χ0n) is 13.7. The maximum Gasteiger partial charge on any atom is 0.416 e. The van der Waals surface area contributed by atoms with E-state index in [1.807, 2.05) is 5.48 Å². The molecule has 0 aliphatic carbocycles. The molecule has 0 fully saturated rings. The number of alkyl halides is 3. The van der Waals surface area contributed by atoms with Crippen LogP contribution in [0.2, 0.25) is 0 Å². The molecule has 2 aromatic rings. The fourth-order valence-corrected chi connectivity index (χ4v) is 1.91.